The van der Waals surface area contributed by atoms with Crippen molar-refractivity contribution in [2.45, 2.75) is 6.04 Å². The van der Waals surface area contributed by atoms with Crippen LogP contribution in [0.4, 0.5) is 0 Å². The molecule has 2 aromatic rings. The number of rotatable bonds is 5. The van der Waals surface area contributed by atoms with E-state index in [1.807, 2.05) is 30.3 Å². The van der Waals surface area contributed by atoms with Gasteiger partial charge in [-0.3, -0.25) is 9.78 Å². The van der Waals surface area contributed by atoms with Crippen molar-refractivity contribution in [2.75, 3.05) is 13.7 Å². The minimum atomic E-state index is -0.461. The highest BCUT2D eigenvalue weighted by Gasteiger charge is 2.15. The number of pyridine rings is 1. The highest BCUT2D eigenvalue weighted by molar-refractivity contribution is 5.92. The summed E-state index contributed by atoms with van der Waals surface area (Å²) in [5.74, 6) is 0.206. The van der Waals surface area contributed by atoms with E-state index in [0.29, 0.717) is 5.75 Å². The number of nitrogens with zero attached hydrogens (tertiary/aromatic N) is 1. The summed E-state index contributed by atoms with van der Waals surface area (Å²) in [5, 5.41) is 12.2. The Balaban J connectivity index is 2.13. The van der Waals surface area contributed by atoms with Gasteiger partial charge in [0, 0.05) is 12.3 Å². The second kappa shape index (κ2) is 6.68. The number of benzene rings is 1. The second-order valence-electron chi connectivity index (χ2n) is 4.20. The number of hydrogen-bond acceptors (Lipinski definition) is 4. The van der Waals surface area contributed by atoms with E-state index in [2.05, 4.69) is 10.3 Å². The first-order valence-corrected chi connectivity index (χ1v) is 6.21. The molecule has 0 bridgehead atoms. The SMILES string of the molecule is COc1ccnc(C(=O)N[C@H](CO)c2ccccc2)c1. The van der Waals surface area contributed by atoms with Gasteiger partial charge in [-0.25, -0.2) is 0 Å². The lowest BCUT2D eigenvalue weighted by molar-refractivity contribution is 0.0910. The van der Waals surface area contributed by atoms with Gasteiger partial charge in [0.1, 0.15) is 11.4 Å². The topological polar surface area (TPSA) is 71.5 Å². The lowest BCUT2D eigenvalue weighted by atomic mass is 10.1. The number of methoxy groups -OCH3 is 1. The summed E-state index contributed by atoms with van der Waals surface area (Å²) in [6, 6.07) is 12.0. The van der Waals surface area contributed by atoms with Crippen LogP contribution in [0.2, 0.25) is 0 Å². The van der Waals surface area contributed by atoms with Gasteiger partial charge < -0.3 is 15.2 Å². The van der Waals surface area contributed by atoms with Crippen molar-refractivity contribution in [3.8, 4) is 5.75 Å². The molecule has 0 spiro atoms. The van der Waals surface area contributed by atoms with E-state index in [1.54, 1.807) is 12.1 Å². The average Bonchev–Trinajstić information content (AvgIpc) is 2.53. The van der Waals surface area contributed by atoms with Crippen molar-refractivity contribution in [3.63, 3.8) is 0 Å². The fraction of sp³-hybridized carbons (Fsp3) is 0.200. The maximum Gasteiger partial charge on any atom is 0.270 e. The van der Waals surface area contributed by atoms with Crippen molar-refractivity contribution in [1.82, 2.24) is 10.3 Å². The summed E-state index contributed by atoms with van der Waals surface area (Å²) in [4.78, 5) is 16.1. The maximum absolute atomic E-state index is 12.1. The zero-order valence-corrected chi connectivity index (χ0v) is 11.1. The van der Waals surface area contributed by atoms with Gasteiger partial charge in [-0.1, -0.05) is 30.3 Å². The minimum absolute atomic E-state index is 0.181. The predicted octanol–water partition coefficient (Wildman–Crippen LogP) is 1.55. The summed E-state index contributed by atoms with van der Waals surface area (Å²) >= 11 is 0. The monoisotopic (exact) mass is 272 g/mol. The van der Waals surface area contributed by atoms with Crippen molar-refractivity contribution in [2.24, 2.45) is 0 Å². The van der Waals surface area contributed by atoms with E-state index in [9.17, 15) is 9.90 Å². The molecule has 1 aromatic carbocycles. The molecule has 0 aliphatic rings. The molecule has 0 aliphatic carbocycles. The van der Waals surface area contributed by atoms with Gasteiger partial charge in [-0.2, -0.15) is 0 Å². The molecule has 0 saturated carbocycles. The van der Waals surface area contributed by atoms with Crippen LogP contribution in [0.3, 0.4) is 0 Å². The molecular formula is C15H16N2O3. The van der Waals surface area contributed by atoms with Crippen molar-refractivity contribution in [1.29, 1.82) is 0 Å². The molecule has 2 rings (SSSR count). The molecule has 0 unspecified atom stereocenters. The normalized spacial score (nSPS) is 11.7. The van der Waals surface area contributed by atoms with E-state index in [0.717, 1.165) is 5.56 Å². The molecule has 1 aromatic heterocycles. The fourth-order valence-corrected chi connectivity index (χ4v) is 1.81. The molecule has 5 nitrogen and oxygen atoms in total. The van der Waals surface area contributed by atoms with E-state index >= 15 is 0 Å². The largest absolute Gasteiger partial charge is 0.497 e. The lowest BCUT2D eigenvalue weighted by Crippen LogP contribution is -2.31. The maximum atomic E-state index is 12.1. The average molecular weight is 272 g/mol. The van der Waals surface area contributed by atoms with Crippen LogP contribution >= 0.6 is 0 Å². The highest BCUT2D eigenvalue weighted by atomic mass is 16.5. The molecule has 1 heterocycles. The molecule has 104 valence electrons. The molecule has 0 radical (unpaired) electrons. The third-order valence-corrected chi connectivity index (χ3v) is 2.89. The van der Waals surface area contributed by atoms with Gasteiger partial charge in [0.25, 0.3) is 5.91 Å². The van der Waals surface area contributed by atoms with Crippen molar-refractivity contribution >= 4 is 5.91 Å². The molecule has 0 aliphatic heterocycles. The highest BCUT2D eigenvalue weighted by Crippen LogP contribution is 2.14. The van der Waals surface area contributed by atoms with Gasteiger partial charge in [-0.15, -0.1) is 0 Å². The Kier molecular flexibility index (Phi) is 4.68. The molecule has 0 saturated heterocycles. The first-order chi connectivity index (χ1) is 9.74. The molecular weight excluding hydrogens is 256 g/mol. The van der Waals surface area contributed by atoms with Gasteiger partial charge in [0.05, 0.1) is 19.8 Å². The number of ether oxygens (including phenoxy) is 1. The number of carbonyl (C=O) groups is 1. The van der Waals surface area contributed by atoms with Crippen molar-refractivity contribution < 1.29 is 14.6 Å². The van der Waals surface area contributed by atoms with Crippen LogP contribution in [0.1, 0.15) is 22.1 Å². The first-order valence-electron chi connectivity index (χ1n) is 6.21. The van der Waals surface area contributed by atoms with E-state index in [4.69, 9.17) is 4.74 Å². The van der Waals surface area contributed by atoms with Gasteiger partial charge in [-0.05, 0) is 11.6 Å². The summed E-state index contributed by atoms with van der Waals surface area (Å²) < 4.78 is 5.05. The zero-order chi connectivity index (χ0) is 14.4. The van der Waals surface area contributed by atoms with E-state index in [1.165, 1.54) is 13.3 Å². The van der Waals surface area contributed by atoms with E-state index in [-0.39, 0.29) is 18.2 Å². The Bertz CT molecular complexity index is 572. The smallest absolute Gasteiger partial charge is 0.270 e. The van der Waals surface area contributed by atoms with Crippen LogP contribution in [0.5, 0.6) is 5.75 Å². The van der Waals surface area contributed by atoms with Crippen molar-refractivity contribution in [3.05, 3.63) is 59.9 Å². The Labute approximate surface area is 117 Å². The standard InChI is InChI=1S/C15H16N2O3/c1-20-12-7-8-16-13(9-12)15(19)17-14(10-18)11-5-3-2-4-6-11/h2-9,14,18H,10H2,1H3,(H,17,19)/t14-/m1/s1. The van der Waals surface area contributed by atoms with Gasteiger partial charge in [0.15, 0.2) is 0 Å². The van der Waals surface area contributed by atoms with Crippen LogP contribution in [0.15, 0.2) is 48.7 Å². The van der Waals surface area contributed by atoms with Gasteiger partial charge >= 0.3 is 0 Å². The Hall–Kier alpha value is -2.40. The Morgan fingerprint density at radius 2 is 2.10 bits per heavy atom. The number of aliphatic hydroxyl groups excluding tert-OH is 1. The number of aliphatic hydroxyl groups is 1. The van der Waals surface area contributed by atoms with Crippen LogP contribution < -0.4 is 10.1 Å². The molecule has 2 N–H and O–H groups in total. The summed E-state index contributed by atoms with van der Waals surface area (Å²) in [5.41, 5.74) is 1.09. The molecule has 20 heavy (non-hydrogen) atoms. The Morgan fingerprint density at radius 1 is 1.35 bits per heavy atom. The number of nitrogens with one attached hydrogen (secondary N) is 1. The quantitative estimate of drug-likeness (QED) is 0.866. The summed E-state index contributed by atoms with van der Waals surface area (Å²) in [6.07, 6.45) is 1.50. The summed E-state index contributed by atoms with van der Waals surface area (Å²) in [6.45, 7) is -0.181. The number of amides is 1. The van der Waals surface area contributed by atoms with Gasteiger partial charge in [0.2, 0.25) is 0 Å². The lowest BCUT2D eigenvalue weighted by Gasteiger charge is -2.16. The number of aromatic nitrogens is 1. The molecule has 5 heteroatoms. The summed E-state index contributed by atoms with van der Waals surface area (Å²) in [7, 11) is 1.53. The number of carbonyl (C=O) groups excluding carboxylic acids is 1. The zero-order valence-electron chi connectivity index (χ0n) is 11.1. The molecule has 1 amide bonds. The fourth-order valence-electron chi connectivity index (χ4n) is 1.81. The van der Waals surface area contributed by atoms with Crippen LogP contribution in [-0.4, -0.2) is 29.7 Å². The van der Waals surface area contributed by atoms with Crippen LogP contribution in [0.25, 0.3) is 0 Å². The first kappa shape index (κ1) is 14.0. The predicted molar refractivity (Wildman–Crippen MR) is 74.5 cm³/mol. The molecule has 0 fully saturated rings. The second-order valence-corrected chi connectivity index (χ2v) is 4.20. The Morgan fingerprint density at radius 3 is 2.75 bits per heavy atom. The third-order valence-electron chi connectivity index (χ3n) is 2.89. The van der Waals surface area contributed by atoms with Crippen LogP contribution in [-0.2, 0) is 0 Å². The molecule has 1 atom stereocenters. The third kappa shape index (κ3) is 3.33. The number of hydrogen-bond donors (Lipinski definition) is 2. The minimum Gasteiger partial charge on any atom is -0.497 e. The van der Waals surface area contributed by atoms with Crippen LogP contribution in [0, 0.1) is 0 Å². The van der Waals surface area contributed by atoms with E-state index < -0.39 is 6.04 Å².